The first-order valence-electron chi connectivity index (χ1n) is 9.72. The Bertz CT molecular complexity index is 974. The fourth-order valence-electron chi connectivity index (χ4n) is 4.44. The van der Waals surface area contributed by atoms with E-state index in [4.69, 9.17) is 10.2 Å². The number of hydrogen-bond donors (Lipinski definition) is 1. The van der Waals surface area contributed by atoms with E-state index in [1.165, 1.54) is 0 Å². The van der Waals surface area contributed by atoms with Crippen molar-refractivity contribution in [2.75, 3.05) is 26.2 Å². The molecule has 2 unspecified atom stereocenters. The predicted molar refractivity (Wildman–Crippen MR) is 104 cm³/mol. The molecule has 2 amide bonds. The number of aryl methyl sites for hydroxylation is 1. The Balaban J connectivity index is 1.51. The summed E-state index contributed by atoms with van der Waals surface area (Å²) < 4.78 is 6.02. The Morgan fingerprint density at radius 2 is 2.14 bits per heavy atom. The number of hydrogen-bond acceptors (Lipinski definition) is 5. The molecule has 2 aliphatic heterocycles. The van der Waals surface area contributed by atoms with Crippen molar-refractivity contribution in [3.8, 4) is 6.07 Å². The molecule has 2 fully saturated rings. The maximum absolute atomic E-state index is 12.6. The molecule has 0 spiro atoms. The lowest BCUT2D eigenvalue weighted by atomic mass is 9.99. The van der Waals surface area contributed by atoms with Gasteiger partial charge in [0.1, 0.15) is 17.4 Å². The average Bonchev–Trinajstić information content (AvgIpc) is 3.38. The van der Waals surface area contributed by atoms with Gasteiger partial charge < -0.3 is 15.1 Å². The third-order valence-corrected chi connectivity index (χ3v) is 5.84. The lowest BCUT2D eigenvalue weighted by molar-refractivity contribution is -0.132. The van der Waals surface area contributed by atoms with Crippen LogP contribution >= 0.6 is 0 Å². The third kappa shape index (κ3) is 3.25. The van der Waals surface area contributed by atoms with Crippen molar-refractivity contribution in [1.82, 2.24) is 9.80 Å². The lowest BCUT2D eigenvalue weighted by Gasteiger charge is -2.23. The minimum Gasteiger partial charge on any atom is -0.460 e. The van der Waals surface area contributed by atoms with Gasteiger partial charge in [-0.3, -0.25) is 14.5 Å². The van der Waals surface area contributed by atoms with Gasteiger partial charge in [0, 0.05) is 24.4 Å². The summed E-state index contributed by atoms with van der Waals surface area (Å²) in [7, 11) is 0. The quantitative estimate of drug-likeness (QED) is 0.875. The smallest absolute Gasteiger partial charge is 0.252 e. The van der Waals surface area contributed by atoms with Crippen molar-refractivity contribution in [2.24, 2.45) is 5.73 Å². The van der Waals surface area contributed by atoms with Crippen LogP contribution < -0.4 is 5.73 Å². The van der Waals surface area contributed by atoms with E-state index in [0.29, 0.717) is 36.5 Å². The number of nitriles is 1. The van der Waals surface area contributed by atoms with Gasteiger partial charge in [-0.1, -0.05) is 11.6 Å². The van der Waals surface area contributed by atoms with Crippen molar-refractivity contribution >= 4 is 22.8 Å². The first kappa shape index (κ1) is 18.5. The van der Waals surface area contributed by atoms with Crippen LogP contribution in [0, 0.1) is 18.3 Å². The highest BCUT2D eigenvalue weighted by Gasteiger charge is 2.34. The Hall–Kier alpha value is -2.85. The number of nitrogens with zero attached hydrogens (tertiary/aromatic N) is 3. The highest BCUT2D eigenvalue weighted by molar-refractivity contribution is 6.06. The summed E-state index contributed by atoms with van der Waals surface area (Å²) in [6.07, 6.45) is 2.44. The van der Waals surface area contributed by atoms with Crippen LogP contribution in [0.15, 0.2) is 22.6 Å². The van der Waals surface area contributed by atoms with Gasteiger partial charge in [0.2, 0.25) is 5.91 Å². The topological polar surface area (TPSA) is 104 Å². The molecule has 2 N–H and O–H groups in total. The van der Waals surface area contributed by atoms with Gasteiger partial charge in [-0.25, -0.2) is 0 Å². The molecule has 28 heavy (non-hydrogen) atoms. The summed E-state index contributed by atoms with van der Waals surface area (Å²) in [6.45, 7) is 4.29. The second kappa shape index (κ2) is 7.28. The lowest BCUT2D eigenvalue weighted by Crippen LogP contribution is -2.41. The summed E-state index contributed by atoms with van der Waals surface area (Å²) in [5.41, 5.74) is 7.83. The summed E-state index contributed by atoms with van der Waals surface area (Å²) in [5.74, 6) is 0.162. The number of primary amides is 1. The monoisotopic (exact) mass is 380 g/mol. The first-order valence-corrected chi connectivity index (χ1v) is 9.72. The standard InChI is InChI=1S/C21H24N4O3/c1-13-4-5-17-16(9-13)19(21(23)27)20(28-17)14-6-8-24(11-14)12-18(26)25-7-2-3-15(25)10-22/h4-5,9,14-15H,2-3,6-8,11-12H2,1H3,(H2,23,27). The molecular formula is C21H24N4O3. The van der Waals surface area contributed by atoms with Crippen LogP contribution in [-0.2, 0) is 4.79 Å². The second-order valence-electron chi connectivity index (χ2n) is 7.80. The molecule has 4 rings (SSSR count). The number of rotatable bonds is 4. The van der Waals surface area contributed by atoms with Gasteiger partial charge in [0.15, 0.2) is 0 Å². The average molecular weight is 380 g/mol. The molecule has 7 heteroatoms. The van der Waals surface area contributed by atoms with Crippen molar-refractivity contribution in [3.05, 3.63) is 35.1 Å². The van der Waals surface area contributed by atoms with Crippen LogP contribution in [0.25, 0.3) is 11.0 Å². The van der Waals surface area contributed by atoms with Crippen LogP contribution in [0.5, 0.6) is 0 Å². The van der Waals surface area contributed by atoms with Gasteiger partial charge in [0.05, 0.1) is 18.2 Å². The summed E-state index contributed by atoms with van der Waals surface area (Å²) in [4.78, 5) is 28.5. The van der Waals surface area contributed by atoms with Crippen LogP contribution in [-0.4, -0.2) is 53.8 Å². The van der Waals surface area contributed by atoms with E-state index in [9.17, 15) is 14.9 Å². The molecule has 0 bridgehead atoms. The van der Waals surface area contributed by atoms with E-state index >= 15 is 0 Å². The molecule has 3 heterocycles. The molecule has 7 nitrogen and oxygen atoms in total. The minimum atomic E-state index is -0.484. The molecule has 0 radical (unpaired) electrons. The second-order valence-corrected chi connectivity index (χ2v) is 7.80. The molecule has 2 atom stereocenters. The van der Waals surface area contributed by atoms with Gasteiger partial charge in [0.25, 0.3) is 5.91 Å². The zero-order valence-corrected chi connectivity index (χ0v) is 16.0. The van der Waals surface area contributed by atoms with E-state index in [-0.39, 0.29) is 17.9 Å². The Morgan fingerprint density at radius 3 is 2.89 bits per heavy atom. The highest BCUT2D eigenvalue weighted by Crippen LogP contribution is 2.36. The van der Waals surface area contributed by atoms with Crippen molar-refractivity contribution < 1.29 is 14.0 Å². The zero-order valence-electron chi connectivity index (χ0n) is 16.0. The number of fused-ring (bicyclic) bond motifs is 1. The first-order chi connectivity index (χ1) is 13.5. The van der Waals surface area contributed by atoms with Crippen molar-refractivity contribution in [3.63, 3.8) is 0 Å². The highest BCUT2D eigenvalue weighted by atomic mass is 16.3. The Morgan fingerprint density at radius 1 is 1.32 bits per heavy atom. The van der Waals surface area contributed by atoms with Gasteiger partial charge >= 0.3 is 0 Å². The largest absolute Gasteiger partial charge is 0.460 e. The molecule has 0 saturated carbocycles. The summed E-state index contributed by atoms with van der Waals surface area (Å²) in [6, 6.07) is 7.65. The molecular weight excluding hydrogens is 356 g/mol. The van der Waals surface area contributed by atoms with E-state index in [1.807, 2.05) is 25.1 Å². The van der Waals surface area contributed by atoms with Crippen LogP contribution in [0.2, 0.25) is 0 Å². The van der Waals surface area contributed by atoms with Crippen LogP contribution in [0.3, 0.4) is 0 Å². The number of carbonyl (C=O) groups excluding carboxylic acids is 2. The molecule has 1 aromatic heterocycles. The molecule has 1 aromatic carbocycles. The van der Waals surface area contributed by atoms with Gasteiger partial charge in [-0.05, 0) is 44.9 Å². The van der Waals surface area contributed by atoms with E-state index < -0.39 is 5.91 Å². The third-order valence-electron chi connectivity index (χ3n) is 5.84. The van der Waals surface area contributed by atoms with Gasteiger partial charge in [-0.2, -0.15) is 5.26 Å². The Labute approximate surface area is 163 Å². The zero-order chi connectivity index (χ0) is 19.8. The maximum Gasteiger partial charge on any atom is 0.252 e. The predicted octanol–water partition coefficient (Wildman–Crippen LogP) is 2.14. The number of benzene rings is 1. The van der Waals surface area contributed by atoms with Crippen molar-refractivity contribution in [2.45, 2.75) is 38.1 Å². The SMILES string of the molecule is Cc1ccc2oc(C3CCN(CC(=O)N4CCCC4C#N)C3)c(C(N)=O)c2c1. The number of amides is 2. The fourth-order valence-corrected chi connectivity index (χ4v) is 4.44. The molecule has 2 saturated heterocycles. The number of furan rings is 1. The van der Waals surface area contributed by atoms with Gasteiger partial charge in [-0.15, -0.1) is 0 Å². The summed E-state index contributed by atoms with van der Waals surface area (Å²) in [5, 5.41) is 9.95. The van der Waals surface area contributed by atoms with E-state index in [0.717, 1.165) is 36.8 Å². The minimum absolute atomic E-state index is 0.0000514. The fraction of sp³-hybridized carbons (Fsp3) is 0.476. The normalized spacial score (nSPS) is 22.6. The van der Waals surface area contributed by atoms with Crippen LogP contribution in [0.4, 0.5) is 0 Å². The van der Waals surface area contributed by atoms with Crippen LogP contribution in [0.1, 0.15) is 46.9 Å². The molecule has 2 aliphatic rings. The van der Waals surface area contributed by atoms with E-state index in [2.05, 4.69) is 11.0 Å². The molecule has 146 valence electrons. The Kier molecular flexibility index (Phi) is 4.82. The number of likely N-dealkylation sites (tertiary alicyclic amines) is 2. The van der Waals surface area contributed by atoms with E-state index in [1.54, 1.807) is 4.90 Å². The van der Waals surface area contributed by atoms with Crippen molar-refractivity contribution in [1.29, 1.82) is 5.26 Å². The molecule has 0 aliphatic carbocycles. The molecule has 2 aromatic rings. The summed E-state index contributed by atoms with van der Waals surface area (Å²) >= 11 is 0. The number of nitrogens with two attached hydrogens (primary N) is 1. The maximum atomic E-state index is 12.6. The number of carbonyl (C=O) groups is 2.